The first-order valence-corrected chi connectivity index (χ1v) is 4.35. The molecule has 1 nitrogen and oxygen atoms in total. The molecule has 2 rings (SSSR count). The summed E-state index contributed by atoms with van der Waals surface area (Å²) in [6.45, 7) is 4.31. The molecule has 0 aromatic heterocycles. The molecule has 0 N–H and O–H groups in total. The van der Waals surface area contributed by atoms with Crippen LogP contribution in [0.3, 0.4) is 0 Å². The van der Waals surface area contributed by atoms with Gasteiger partial charge in [-0.3, -0.25) is 0 Å². The van der Waals surface area contributed by atoms with Gasteiger partial charge in [-0.15, -0.1) is 0 Å². The fourth-order valence-corrected chi connectivity index (χ4v) is 2.12. The molecule has 0 radical (unpaired) electrons. The van der Waals surface area contributed by atoms with E-state index in [4.69, 9.17) is 4.74 Å². The Morgan fingerprint density at radius 1 is 1.64 bits per heavy atom. The Kier molecular flexibility index (Phi) is 1.72. The summed E-state index contributed by atoms with van der Waals surface area (Å²) in [7, 11) is 0. The van der Waals surface area contributed by atoms with Gasteiger partial charge in [-0.1, -0.05) is 12.7 Å². The van der Waals surface area contributed by atoms with Gasteiger partial charge in [0.25, 0.3) is 0 Å². The van der Waals surface area contributed by atoms with Crippen LogP contribution in [0, 0.1) is 11.8 Å². The molecule has 0 saturated heterocycles. The summed E-state index contributed by atoms with van der Waals surface area (Å²) in [5, 5.41) is 0. The van der Waals surface area contributed by atoms with Gasteiger partial charge in [0.05, 0.1) is 5.76 Å². The van der Waals surface area contributed by atoms with Gasteiger partial charge in [0.1, 0.15) is 6.61 Å². The van der Waals surface area contributed by atoms with Crippen LogP contribution in [0.1, 0.15) is 19.3 Å². The highest BCUT2D eigenvalue weighted by Gasteiger charge is 2.33. The minimum absolute atomic E-state index is 0.676. The van der Waals surface area contributed by atoms with E-state index in [1.54, 1.807) is 0 Å². The van der Waals surface area contributed by atoms with E-state index in [0.29, 0.717) is 6.61 Å². The van der Waals surface area contributed by atoms with Crippen molar-refractivity contribution in [1.29, 1.82) is 0 Å². The first kappa shape index (κ1) is 6.96. The van der Waals surface area contributed by atoms with Crippen LogP contribution in [-0.4, -0.2) is 6.61 Å². The fourth-order valence-electron chi connectivity index (χ4n) is 2.12. The van der Waals surface area contributed by atoms with Crippen molar-refractivity contribution in [3.8, 4) is 0 Å². The predicted octanol–water partition coefficient (Wildman–Crippen LogP) is 2.50. The lowest BCUT2D eigenvalue weighted by Crippen LogP contribution is -2.01. The second kappa shape index (κ2) is 2.72. The van der Waals surface area contributed by atoms with Gasteiger partial charge in [-0.25, -0.2) is 0 Å². The second-order valence-corrected chi connectivity index (χ2v) is 3.44. The molecular formula is C10H14O. The molecule has 1 saturated carbocycles. The van der Waals surface area contributed by atoms with Gasteiger partial charge in [0.15, 0.2) is 0 Å². The molecule has 2 unspecified atom stereocenters. The van der Waals surface area contributed by atoms with Crippen LogP contribution in [-0.2, 0) is 4.74 Å². The third kappa shape index (κ3) is 1.20. The first-order valence-electron chi connectivity index (χ1n) is 4.35. The van der Waals surface area contributed by atoms with E-state index >= 15 is 0 Å². The zero-order valence-corrected chi connectivity index (χ0v) is 6.75. The highest BCUT2D eigenvalue weighted by atomic mass is 16.5. The summed E-state index contributed by atoms with van der Waals surface area (Å²) in [4.78, 5) is 0. The van der Waals surface area contributed by atoms with Crippen LogP contribution < -0.4 is 0 Å². The summed E-state index contributed by atoms with van der Waals surface area (Å²) in [5.41, 5.74) is 0. The lowest BCUT2D eigenvalue weighted by Gasteiger charge is -2.12. The monoisotopic (exact) mass is 150 g/mol. The molecule has 0 heterocycles. The van der Waals surface area contributed by atoms with Crippen LogP contribution in [0.5, 0.6) is 0 Å². The zero-order chi connectivity index (χ0) is 7.68. The molecule has 0 aromatic carbocycles. The molecule has 2 aliphatic rings. The van der Waals surface area contributed by atoms with E-state index in [0.717, 1.165) is 11.8 Å². The SMILES string of the molecule is C=CCOC1=CC2CCC1C2. The lowest BCUT2D eigenvalue weighted by molar-refractivity contribution is 0.211. The van der Waals surface area contributed by atoms with Gasteiger partial charge < -0.3 is 4.74 Å². The summed E-state index contributed by atoms with van der Waals surface area (Å²) in [5.74, 6) is 2.82. The third-order valence-corrected chi connectivity index (χ3v) is 2.64. The topological polar surface area (TPSA) is 9.23 Å². The van der Waals surface area contributed by atoms with Crippen LogP contribution in [0.4, 0.5) is 0 Å². The average molecular weight is 150 g/mol. The van der Waals surface area contributed by atoms with E-state index in [-0.39, 0.29) is 0 Å². The number of rotatable bonds is 3. The molecular weight excluding hydrogens is 136 g/mol. The molecule has 0 aromatic rings. The Balaban J connectivity index is 1.94. The normalized spacial score (nSPS) is 33.6. The van der Waals surface area contributed by atoms with E-state index in [9.17, 15) is 0 Å². The van der Waals surface area contributed by atoms with Crippen molar-refractivity contribution < 1.29 is 4.74 Å². The standard InChI is InChI=1S/C10H14O/c1-2-5-11-10-7-8-3-4-9(10)6-8/h2,7-9H,1,3-6H2. The van der Waals surface area contributed by atoms with E-state index < -0.39 is 0 Å². The molecule has 0 aliphatic heterocycles. The maximum absolute atomic E-state index is 5.53. The maximum atomic E-state index is 5.53. The molecule has 0 amide bonds. The second-order valence-electron chi connectivity index (χ2n) is 3.44. The average Bonchev–Trinajstić information content (AvgIpc) is 2.60. The molecule has 2 bridgehead atoms. The largest absolute Gasteiger partial charge is 0.494 e. The summed E-state index contributed by atoms with van der Waals surface area (Å²) < 4.78 is 5.53. The molecule has 2 atom stereocenters. The van der Waals surface area contributed by atoms with Gasteiger partial charge in [-0.05, 0) is 31.3 Å². The van der Waals surface area contributed by atoms with Crippen molar-refractivity contribution in [3.05, 3.63) is 24.5 Å². The van der Waals surface area contributed by atoms with Crippen molar-refractivity contribution in [2.24, 2.45) is 11.8 Å². The van der Waals surface area contributed by atoms with Crippen molar-refractivity contribution in [2.75, 3.05) is 6.61 Å². The van der Waals surface area contributed by atoms with Crippen LogP contribution in [0.25, 0.3) is 0 Å². The quantitative estimate of drug-likeness (QED) is 0.562. The molecule has 0 spiro atoms. The number of hydrogen-bond donors (Lipinski definition) is 0. The lowest BCUT2D eigenvalue weighted by atomic mass is 10.1. The van der Waals surface area contributed by atoms with Crippen molar-refractivity contribution in [2.45, 2.75) is 19.3 Å². The fraction of sp³-hybridized carbons (Fsp3) is 0.600. The number of fused-ring (bicyclic) bond motifs is 2. The number of allylic oxidation sites excluding steroid dienone is 2. The molecule has 1 heteroatoms. The van der Waals surface area contributed by atoms with E-state index in [2.05, 4.69) is 12.7 Å². The Labute approximate surface area is 67.7 Å². The highest BCUT2D eigenvalue weighted by Crippen LogP contribution is 2.43. The highest BCUT2D eigenvalue weighted by molar-refractivity contribution is 5.14. The number of hydrogen-bond acceptors (Lipinski definition) is 1. The van der Waals surface area contributed by atoms with Gasteiger partial charge in [0, 0.05) is 5.92 Å². The molecule has 11 heavy (non-hydrogen) atoms. The smallest absolute Gasteiger partial charge is 0.106 e. The van der Waals surface area contributed by atoms with Crippen molar-refractivity contribution in [1.82, 2.24) is 0 Å². The predicted molar refractivity (Wildman–Crippen MR) is 45.1 cm³/mol. The van der Waals surface area contributed by atoms with Crippen molar-refractivity contribution in [3.63, 3.8) is 0 Å². The summed E-state index contributed by atoms with van der Waals surface area (Å²) in [6.07, 6.45) is 8.18. The molecule has 60 valence electrons. The van der Waals surface area contributed by atoms with Crippen LogP contribution >= 0.6 is 0 Å². The van der Waals surface area contributed by atoms with E-state index in [1.807, 2.05) is 6.08 Å². The van der Waals surface area contributed by atoms with Crippen LogP contribution in [0.2, 0.25) is 0 Å². The van der Waals surface area contributed by atoms with Crippen molar-refractivity contribution >= 4 is 0 Å². The van der Waals surface area contributed by atoms with Gasteiger partial charge in [0.2, 0.25) is 0 Å². The van der Waals surface area contributed by atoms with Gasteiger partial charge in [-0.2, -0.15) is 0 Å². The molecule has 2 aliphatic carbocycles. The maximum Gasteiger partial charge on any atom is 0.106 e. The first-order chi connectivity index (χ1) is 5.40. The Morgan fingerprint density at radius 3 is 3.09 bits per heavy atom. The molecule has 1 fully saturated rings. The Bertz CT molecular complexity index is 193. The summed E-state index contributed by atoms with van der Waals surface area (Å²) in [6, 6.07) is 0. The summed E-state index contributed by atoms with van der Waals surface area (Å²) >= 11 is 0. The van der Waals surface area contributed by atoms with Crippen LogP contribution in [0.15, 0.2) is 24.5 Å². The minimum Gasteiger partial charge on any atom is -0.494 e. The Hall–Kier alpha value is -0.720. The van der Waals surface area contributed by atoms with Gasteiger partial charge >= 0.3 is 0 Å². The van der Waals surface area contributed by atoms with E-state index in [1.165, 1.54) is 25.0 Å². The number of ether oxygens (including phenoxy) is 1. The third-order valence-electron chi connectivity index (χ3n) is 2.64. The zero-order valence-electron chi connectivity index (χ0n) is 6.75. The minimum atomic E-state index is 0.676. The Morgan fingerprint density at radius 2 is 2.55 bits per heavy atom.